The zero-order valence-electron chi connectivity index (χ0n) is 12.2. The molecule has 6 heteroatoms. The van der Waals surface area contributed by atoms with Crippen molar-refractivity contribution < 1.29 is 0 Å². The molecule has 0 saturated heterocycles. The van der Waals surface area contributed by atoms with E-state index in [1.165, 1.54) is 23.2 Å². The van der Waals surface area contributed by atoms with Gasteiger partial charge in [0, 0.05) is 37.7 Å². The molecule has 0 fully saturated rings. The van der Waals surface area contributed by atoms with Crippen LogP contribution in [-0.4, -0.2) is 22.9 Å². The Balaban J connectivity index is 0.00000110. The smallest absolute Gasteiger partial charge is 0.0522 e. The molecule has 0 bridgehead atoms. The number of rotatable bonds is 3. The van der Waals surface area contributed by atoms with E-state index in [1.807, 2.05) is 24.0 Å². The summed E-state index contributed by atoms with van der Waals surface area (Å²) in [5.74, 6) is 0. The predicted molar refractivity (Wildman–Crippen MR) is 92.8 cm³/mol. The van der Waals surface area contributed by atoms with E-state index < -0.39 is 0 Å². The highest BCUT2D eigenvalue weighted by Crippen LogP contribution is 2.31. The summed E-state index contributed by atoms with van der Waals surface area (Å²) in [5.41, 5.74) is 10.9. The molecule has 2 aromatic rings. The van der Waals surface area contributed by atoms with E-state index in [9.17, 15) is 0 Å². The van der Waals surface area contributed by atoms with E-state index in [-0.39, 0.29) is 24.8 Å². The molecule has 0 saturated carbocycles. The Morgan fingerprint density at radius 3 is 2.81 bits per heavy atom. The van der Waals surface area contributed by atoms with Crippen molar-refractivity contribution in [2.75, 3.05) is 23.7 Å². The summed E-state index contributed by atoms with van der Waals surface area (Å²) in [4.78, 5) is 2.45. The van der Waals surface area contributed by atoms with Gasteiger partial charge in [0.25, 0.3) is 0 Å². The second-order valence-corrected chi connectivity index (χ2v) is 5.21. The van der Waals surface area contributed by atoms with Gasteiger partial charge in [0.15, 0.2) is 0 Å². The Morgan fingerprint density at radius 2 is 2.10 bits per heavy atom. The summed E-state index contributed by atoms with van der Waals surface area (Å²) in [6, 6.07) is 6.24. The van der Waals surface area contributed by atoms with Crippen LogP contribution in [0, 0.1) is 0 Å². The lowest BCUT2D eigenvalue weighted by Crippen LogP contribution is -2.31. The van der Waals surface area contributed by atoms with Gasteiger partial charge in [-0.05, 0) is 42.5 Å². The number of benzene rings is 1. The maximum Gasteiger partial charge on any atom is 0.0522 e. The minimum Gasteiger partial charge on any atom is -0.398 e. The number of hydrogen-bond donors (Lipinski definition) is 1. The van der Waals surface area contributed by atoms with Crippen molar-refractivity contribution in [3.63, 3.8) is 0 Å². The fourth-order valence-corrected chi connectivity index (χ4v) is 2.83. The maximum atomic E-state index is 6.07. The largest absolute Gasteiger partial charge is 0.398 e. The van der Waals surface area contributed by atoms with Gasteiger partial charge in [-0.15, -0.1) is 24.8 Å². The molecule has 1 aliphatic rings. The second kappa shape index (κ2) is 7.57. The molecule has 2 heterocycles. The van der Waals surface area contributed by atoms with Crippen LogP contribution in [0.1, 0.15) is 17.5 Å². The lowest BCUT2D eigenvalue weighted by atomic mass is 9.99. The van der Waals surface area contributed by atoms with Gasteiger partial charge in [0.1, 0.15) is 0 Å². The Bertz CT molecular complexity index is 583. The lowest BCUT2D eigenvalue weighted by Gasteiger charge is -2.32. The maximum absolute atomic E-state index is 6.07. The van der Waals surface area contributed by atoms with E-state index in [2.05, 4.69) is 28.3 Å². The van der Waals surface area contributed by atoms with Crippen molar-refractivity contribution in [1.82, 2.24) is 9.78 Å². The first-order chi connectivity index (χ1) is 9.24. The molecular weight excluding hydrogens is 307 g/mol. The number of anilines is 2. The molecule has 4 nitrogen and oxygen atoms in total. The first kappa shape index (κ1) is 17.7. The average Bonchev–Trinajstić information content (AvgIpc) is 2.83. The van der Waals surface area contributed by atoms with E-state index in [0.29, 0.717) is 0 Å². The molecule has 0 aliphatic carbocycles. The van der Waals surface area contributed by atoms with Crippen LogP contribution in [0.3, 0.4) is 0 Å². The van der Waals surface area contributed by atoms with E-state index >= 15 is 0 Å². The number of aryl methyl sites for hydroxylation is 1. The van der Waals surface area contributed by atoms with Crippen molar-refractivity contribution in [3.8, 4) is 0 Å². The van der Waals surface area contributed by atoms with Crippen LogP contribution in [0.5, 0.6) is 0 Å². The second-order valence-electron chi connectivity index (χ2n) is 5.21. The molecule has 21 heavy (non-hydrogen) atoms. The monoisotopic (exact) mass is 328 g/mol. The van der Waals surface area contributed by atoms with Crippen molar-refractivity contribution in [1.29, 1.82) is 0 Å². The Hall–Kier alpha value is -1.39. The third-order valence-electron chi connectivity index (χ3n) is 3.81. The molecule has 3 rings (SSSR count). The van der Waals surface area contributed by atoms with E-state index in [0.717, 1.165) is 31.6 Å². The van der Waals surface area contributed by atoms with Crippen LogP contribution in [-0.2, 0) is 19.9 Å². The summed E-state index contributed by atoms with van der Waals surface area (Å²) >= 11 is 0. The summed E-state index contributed by atoms with van der Waals surface area (Å²) in [5, 5.41) is 4.22. The Morgan fingerprint density at radius 1 is 1.29 bits per heavy atom. The topological polar surface area (TPSA) is 47.1 Å². The fraction of sp³-hybridized carbons (Fsp3) is 0.400. The summed E-state index contributed by atoms with van der Waals surface area (Å²) < 4.78 is 1.86. The molecule has 1 aromatic carbocycles. The average molecular weight is 329 g/mol. The van der Waals surface area contributed by atoms with Crippen LogP contribution in [0.25, 0.3) is 0 Å². The number of hydrogen-bond acceptors (Lipinski definition) is 3. The van der Waals surface area contributed by atoms with Crippen molar-refractivity contribution in [3.05, 3.63) is 41.7 Å². The third kappa shape index (κ3) is 3.83. The standard InChI is InChI=1S/C15H20N4.2ClH/c1-18-11-12(10-17-18)7-9-19-8-3-4-13-14(16)5-2-6-15(13)19;;/h2,5-6,10-11H,3-4,7-9,16H2,1H3;2*1H. The summed E-state index contributed by atoms with van der Waals surface area (Å²) in [6.45, 7) is 2.15. The molecule has 0 atom stereocenters. The highest BCUT2D eigenvalue weighted by molar-refractivity contribution is 5.85. The number of nitrogens with zero attached hydrogens (tertiary/aromatic N) is 3. The fourth-order valence-electron chi connectivity index (χ4n) is 2.83. The van der Waals surface area contributed by atoms with Crippen LogP contribution in [0.15, 0.2) is 30.6 Å². The SMILES string of the molecule is Cl.Cl.Cn1cc(CCN2CCCc3c(N)cccc32)cn1. The van der Waals surface area contributed by atoms with Crippen LogP contribution in [0.4, 0.5) is 11.4 Å². The number of nitrogen functional groups attached to an aromatic ring is 1. The van der Waals surface area contributed by atoms with Gasteiger partial charge in [-0.2, -0.15) is 5.10 Å². The highest BCUT2D eigenvalue weighted by Gasteiger charge is 2.18. The van der Waals surface area contributed by atoms with Gasteiger partial charge < -0.3 is 10.6 Å². The van der Waals surface area contributed by atoms with Gasteiger partial charge in [0.05, 0.1) is 6.20 Å². The van der Waals surface area contributed by atoms with E-state index in [1.54, 1.807) is 0 Å². The van der Waals surface area contributed by atoms with E-state index in [4.69, 9.17) is 5.73 Å². The molecule has 0 radical (unpaired) electrons. The molecule has 0 spiro atoms. The molecule has 2 N–H and O–H groups in total. The first-order valence-corrected chi connectivity index (χ1v) is 6.84. The zero-order valence-corrected chi connectivity index (χ0v) is 13.8. The Kier molecular flexibility index (Phi) is 6.37. The minimum atomic E-state index is 0. The van der Waals surface area contributed by atoms with Crippen LogP contribution < -0.4 is 10.6 Å². The molecule has 1 aromatic heterocycles. The first-order valence-electron chi connectivity index (χ1n) is 6.84. The molecule has 116 valence electrons. The van der Waals surface area contributed by atoms with Gasteiger partial charge >= 0.3 is 0 Å². The number of nitrogens with two attached hydrogens (primary N) is 1. The quantitative estimate of drug-likeness (QED) is 0.881. The third-order valence-corrected chi connectivity index (χ3v) is 3.81. The van der Waals surface area contributed by atoms with Crippen molar-refractivity contribution in [2.24, 2.45) is 7.05 Å². The molecular formula is C15H22Cl2N4. The normalized spacial score (nSPS) is 13.1. The predicted octanol–water partition coefficient (Wildman–Crippen LogP) is 2.84. The van der Waals surface area contributed by atoms with Crippen LogP contribution in [0.2, 0.25) is 0 Å². The number of aromatic nitrogens is 2. The number of halogens is 2. The van der Waals surface area contributed by atoms with Crippen molar-refractivity contribution in [2.45, 2.75) is 19.3 Å². The van der Waals surface area contributed by atoms with Gasteiger partial charge in [-0.1, -0.05) is 6.07 Å². The summed E-state index contributed by atoms with van der Waals surface area (Å²) in [7, 11) is 1.96. The Labute approximate surface area is 138 Å². The number of fused-ring (bicyclic) bond motifs is 1. The van der Waals surface area contributed by atoms with Crippen molar-refractivity contribution >= 4 is 36.2 Å². The summed E-state index contributed by atoms with van der Waals surface area (Å²) in [6.07, 6.45) is 7.36. The zero-order chi connectivity index (χ0) is 13.2. The lowest BCUT2D eigenvalue weighted by molar-refractivity contribution is 0.688. The molecule has 0 amide bonds. The van der Waals surface area contributed by atoms with Gasteiger partial charge in [0.2, 0.25) is 0 Å². The molecule has 0 unspecified atom stereocenters. The minimum absolute atomic E-state index is 0. The highest BCUT2D eigenvalue weighted by atomic mass is 35.5. The van der Waals surface area contributed by atoms with Crippen LogP contribution >= 0.6 is 24.8 Å². The molecule has 1 aliphatic heterocycles. The van der Waals surface area contributed by atoms with Gasteiger partial charge in [-0.3, -0.25) is 4.68 Å². The van der Waals surface area contributed by atoms with Gasteiger partial charge in [-0.25, -0.2) is 0 Å².